The Morgan fingerprint density at radius 1 is 1.21 bits per heavy atom. The van der Waals surface area contributed by atoms with Crippen LogP contribution in [0.25, 0.3) is 0 Å². The smallest absolute Gasteiger partial charge is 0.319 e. The molecule has 0 aliphatic heterocycles. The van der Waals surface area contributed by atoms with E-state index in [1.54, 1.807) is 43.5 Å². The van der Waals surface area contributed by atoms with Gasteiger partial charge < -0.3 is 25.8 Å². The molecular formula is C20H22ClN3O4. The number of anilines is 1. The molecule has 4 N–H and O–H groups in total. The molecule has 2 aromatic carbocycles. The number of hydrogen-bond acceptors (Lipinski definition) is 4. The Morgan fingerprint density at radius 2 is 1.93 bits per heavy atom. The number of amides is 3. The standard InChI is InChI=1S/C20H22ClN3O4/c1-28-15-7-2-12(3-8-15)18(25)11-22-20(27)24-14-6-9-17(21)16(10-14)19(26)23-13-4-5-13/h2-3,6-10,13,18,25H,4-5,11H2,1H3,(H,23,26)(H2,22,24,27). The van der Waals surface area contributed by atoms with Crippen LogP contribution >= 0.6 is 11.6 Å². The van der Waals surface area contributed by atoms with Crippen LogP contribution in [0.15, 0.2) is 42.5 Å². The fourth-order valence-electron chi connectivity index (χ4n) is 2.58. The largest absolute Gasteiger partial charge is 0.497 e. The van der Waals surface area contributed by atoms with Gasteiger partial charge in [-0.05, 0) is 48.7 Å². The molecule has 1 unspecified atom stereocenters. The lowest BCUT2D eigenvalue weighted by molar-refractivity contribution is 0.0951. The number of benzene rings is 2. The lowest BCUT2D eigenvalue weighted by Crippen LogP contribution is -2.32. The Balaban J connectivity index is 1.54. The topological polar surface area (TPSA) is 99.7 Å². The highest BCUT2D eigenvalue weighted by Gasteiger charge is 2.25. The molecule has 7 nitrogen and oxygen atoms in total. The zero-order chi connectivity index (χ0) is 20.1. The third kappa shape index (κ3) is 5.37. The molecule has 1 fully saturated rings. The zero-order valence-electron chi connectivity index (χ0n) is 15.4. The molecule has 8 heteroatoms. The second-order valence-electron chi connectivity index (χ2n) is 6.57. The molecule has 1 aliphatic rings. The SMILES string of the molecule is COc1ccc(C(O)CNC(=O)Nc2ccc(Cl)c(C(=O)NC3CC3)c2)cc1. The number of carbonyl (C=O) groups is 2. The summed E-state index contributed by atoms with van der Waals surface area (Å²) in [6.07, 6.45) is 1.09. The van der Waals surface area contributed by atoms with Gasteiger partial charge in [-0.2, -0.15) is 0 Å². The van der Waals surface area contributed by atoms with Crippen LogP contribution < -0.4 is 20.7 Å². The van der Waals surface area contributed by atoms with Crippen molar-refractivity contribution in [2.75, 3.05) is 19.0 Å². The minimum Gasteiger partial charge on any atom is -0.497 e. The first-order valence-corrected chi connectivity index (χ1v) is 9.31. The van der Waals surface area contributed by atoms with E-state index in [-0.39, 0.29) is 18.5 Å². The normalized spacial score (nSPS) is 14.1. The number of ether oxygens (including phenoxy) is 1. The van der Waals surface area contributed by atoms with Crippen molar-refractivity contribution < 1.29 is 19.4 Å². The van der Waals surface area contributed by atoms with Gasteiger partial charge in [-0.25, -0.2) is 4.79 Å². The third-order valence-electron chi connectivity index (χ3n) is 4.34. The summed E-state index contributed by atoms with van der Waals surface area (Å²) in [6.45, 7) is 0.0285. The summed E-state index contributed by atoms with van der Waals surface area (Å²) < 4.78 is 5.07. The summed E-state index contributed by atoms with van der Waals surface area (Å²) >= 11 is 6.09. The maximum atomic E-state index is 12.2. The van der Waals surface area contributed by atoms with Gasteiger partial charge in [-0.1, -0.05) is 23.7 Å². The molecule has 0 spiro atoms. The monoisotopic (exact) mass is 403 g/mol. The van der Waals surface area contributed by atoms with Crippen LogP contribution in [-0.2, 0) is 0 Å². The van der Waals surface area contributed by atoms with Crippen LogP contribution in [0.2, 0.25) is 5.02 Å². The molecule has 0 heterocycles. The van der Waals surface area contributed by atoms with Gasteiger partial charge in [0.15, 0.2) is 0 Å². The Morgan fingerprint density at radius 3 is 2.57 bits per heavy atom. The Kier molecular flexibility index (Phi) is 6.38. The Hall–Kier alpha value is -2.77. The van der Waals surface area contributed by atoms with Gasteiger partial charge in [0, 0.05) is 18.3 Å². The first kappa shape index (κ1) is 20.0. The molecule has 1 atom stereocenters. The Bertz CT molecular complexity index is 853. The average Bonchev–Trinajstić information content (AvgIpc) is 3.51. The number of nitrogens with one attached hydrogen (secondary N) is 3. The van der Waals surface area contributed by atoms with Crippen molar-refractivity contribution in [3.05, 3.63) is 58.6 Å². The number of rotatable bonds is 7. The second kappa shape index (κ2) is 8.95. The summed E-state index contributed by atoms with van der Waals surface area (Å²) in [4.78, 5) is 24.3. The number of carbonyl (C=O) groups excluding carboxylic acids is 2. The zero-order valence-corrected chi connectivity index (χ0v) is 16.1. The highest BCUT2D eigenvalue weighted by atomic mass is 35.5. The van der Waals surface area contributed by atoms with Gasteiger partial charge in [0.2, 0.25) is 0 Å². The first-order valence-electron chi connectivity index (χ1n) is 8.93. The van der Waals surface area contributed by atoms with Crippen LogP contribution in [0.3, 0.4) is 0 Å². The van der Waals surface area contributed by atoms with Crippen LogP contribution in [-0.4, -0.2) is 36.7 Å². The molecular weight excluding hydrogens is 382 g/mol. The third-order valence-corrected chi connectivity index (χ3v) is 4.67. The minimum atomic E-state index is -0.859. The molecule has 3 rings (SSSR count). The molecule has 1 saturated carbocycles. The maximum absolute atomic E-state index is 12.2. The van der Waals surface area contributed by atoms with Crippen LogP contribution in [0, 0.1) is 0 Å². The summed E-state index contributed by atoms with van der Waals surface area (Å²) in [5.74, 6) is 0.428. The highest BCUT2D eigenvalue weighted by Crippen LogP contribution is 2.24. The van der Waals surface area contributed by atoms with Gasteiger partial charge in [-0.15, -0.1) is 0 Å². The van der Waals surface area contributed by atoms with E-state index in [9.17, 15) is 14.7 Å². The van der Waals surface area contributed by atoms with Crippen molar-refractivity contribution in [2.45, 2.75) is 25.0 Å². The molecule has 0 bridgehead atoms. The van der Waals surface area contributed by atoms with Crippen LogP contribution in [0.5, 0.6) is 5.75 Å². The van der Waals surface area contributed by atoms with Crippen molar-refractivity contribution in [1.82, 2.24) is 10.6 Å². The number of urea groups is 1. The molecule has 2 aromatic rings. The fourth-order valence-corrected chi connectivity index (χ4v) is 2.78. The molecule has 28 heavy (non-hydrogen) atoms. The van der Waals surface area contributed by atoms with Crippen molar-refractivity contribution in [1.29, 1.82) is 0 Å². The number of aliphatic hydroxyl groups is 1. The van der Waals surface area contributed by atoms with E-state index in [2.05, 4.69) is 16.0 Å². The Labute approximate surface area is 168 Å². The number of methoxy groups -OCH3 is 1. The van der Waals surface area contributed by atoms with Crippen LogP contribution in [0.4, 0.5) is 10.5 Å². The van der Waals surface area contributed by atoms with Crippen molar-refractivity contribution in [3.8, 4) is 5.75 Å². The van der Waals surface area contributed by atoms with Gasteiger partial charge in [0.25, 0.3) is 5.91 Å². The van der Waals surface area contributed by atoms with Gasteiger partial charge in [0.1, 0.15) is 5.75 Å². The summed E-state index contributed by atoms with van der Waals surface area (Å²) in [5, 5.41) is 18.6. The number of aliphatic hydroxyl groups excluding tert-OH is 1. The molecule has 1 aliphatic carbocycles. The maximum Gasteiger partial charge on any atom is 0.319 e. The van der Waals surface area contributed by atoms with Crippen molar-refractivity contribution >= 4 is 29.2 Å². The van der Waals surface area contributed by atoms with E-state index in [0.717, 1.165) is 12.8 Å². The quantitative estimate of drug-likeness (QED) is 0.570. The van der Waals surface area contributed by atoms with Gasteiger partial charge >= 0.3 is 6.03 Å². The summed E-state index contributed by atoms with van der Waals surface area (Å²) in [7, 11) is 1.56. The van der Waals surface area contributed by atoms with Gasteiger partial charge in [0.05, 0.1) is 23.8 Å². The van der Waals surface area contributed by atoms with E-state index in [4.69, 9.17) is 16.3 Å². The molecule has 3 amide bonds. The van der Waals surface area contributed by atoms with Crippen molar-refractivity contribution in [3.63, 3.8) is 0 Å². The van der Waals surface area contributed by atoms with Gasteiger partial charge in [-0.3, -0.25) is 4.79 Å². The predicted molar refractivity (Wildman–Crippen MR) is 107 cm³/mol. The summed E-state index contributed by atoms with van der Waals surface area (Å²) in [5.41, 5.74) is 1.40. The highest BCUT2D eigenvalue weighted by molar-refractivity contribution is 6.34. The fraction of sp³-hybridized carbons (Fsp3) is 0.300. The molecule has 0 radical (unpaired) electrons. The second-order valence-corrected chi connectivity index (χ2v) is 6.97. The number of halogens is 1. The molecule has 0 saturated heterocycles. The predicted octanol–water partition coefficient (Wildman–Crippen LogP) is 3.10. The lowest BCUT2D eigenvalue weighted by atomic mass is 10.1. The van der Waals surface area contributed by atoms with E-state index >= 15 is 0 Å². The minimum absolute atomic E-state index is 0.0285. The van der Waals surface area contributed by atoms with Crippen molar-refractivity contribution in [2.24, 2.45) is 0 Å². The molecule has 148 valence electrons. The molecule has 0 aromatic heterocycles. The van der Waals surface area contributed by atoms with Crippen LogP contribution in [0.1, 0.15) is 34.9 Å². The first-order chi connectivity index (χ1) is 13.5. The van der Waals surface area contributed by atoms with E-state index < -0.39 is 12.1 Å². The van der Waals surface area contributed by atoms with E-state index in [1.807, 2.05) is 0 Å². The van der Waals surface area contributed by atoms with E-state index in [1.165, 1.54) is 6.07 Å². The summed E-state index contributed by atoms with van der Waals surface area (Å²) in [6, 6.07) is 11.3. The average molecular weight is 404 g/mol. The van der Waals surface area contributed by atoms with E-state index in [0.29, 0.717) is 27.6 Å². The lowest BCUT2D eigenvalue weighted by Gasteiger charge is -2.14. The number of hydrogen-bond donors (Lipinski definition) is 4.